The van der Waals surface area contributed by atoms with E-state index in [-0.39, 0.29) is 0 Å². The maximum Gasteiger partial charge on any atom is 0.0319 e. The van der Waals surface area contributed by atoms with Crippen LogP contribution in [0.15, 0.2) is 24.3 Å². The average Bonchev–Trinajstić information content (AvgIpc) is 2.21. The van der Waals surface area contributed by atoms with Crippen molar-refractivity contribution < 1.29 is 5.11 Å². The zero-order valence-corrected chi connectivity index (χ0v) is 8.03. The number of benzene rings is 1. The molecule has 0 heterocycles. The molecule has 1 aromatic carbocycles. The summed E-state index contributed by atoms with van der Waals surface area (Å²) in [6.07, 6.45) is 3.38. The zero-order valence-electron chi connectivity index (χ0n) is 8.03. The maximum absolute atomic E-state index is 7.00. The highest BCUT2D eigenvalue weighted by atomic mass is 16.2. The molecule has 0 radical (unpaired) electrons. The Kier molecular flexibility index (Phi) is 3.93. The Hall–Kier alpha value is -0.860. The van der Waals surface area contributed by atoms with Crippen molar-refractivity contribution in [2.24, 2.45) is 5.73 Å². The summed E-state index contributed by atoms with van der Waals surface area (Å²) in [5.41, 5.74) is 8.79. The first-order chi connectivity index (χ1) is 6.36. The number of nitrogens with two attached hydrogens (primary N) is 1. The van der Waals surface area contributed by atoms with Gasteiger partial charge in [-0.2, -0.15) is 0 Å². The van der Waals surface area contributed by atoms with Gasteiger partial charge in [0, 0.05) is 13.2 Å². The molecular formula is C11H17NO. The third kappa shape index (κ3) is 2.54. The molecule has 1 aliphatic rings. The fourth-order valence-electron chi connectivity index (χ4n) is 1.73. The van der Waals surface area contributed by atoms with Crippen LogP contribution in [0.25, 0.3) is 0 Å². The molecule has 0 aromatic heterocycles. The zero-order chi connectivity index (χ0) is 9.68. The van der Waals surface area contributed by atoms with Crippen molar-refractivity contribution in [3.8, 4) is 0 Å². The van der Waals surface area contributed by atoms with E-state index in [1.165, 1.54) is 11.1 Å². The second kappa shape index (κ2) is 5.00. The summed E-state index contributed by atoms with van der Waals surface area (Å²) in [6, 6.07) is 8.99. The quantitative estimate of drug-likeness (QED) is 0.626. The smallest absolute Gasteiger partial charge is 0.0319 e. The van der Waals surface area contributed by atoms with E-state index in [2.05, 4.69) is 24.3 Å². The van der Waals surface area contributed by atoms with Gasteiger partial charge in [-0.15, -0.1) is 0 Å². The van der Waals surface area contributed by atoms with Crippen LogP contribution < -0.4 is 5.73 Å². The molecule has 0 fully saturated rings. The lowest BCUT2D eigenvalue weighted by Gasteiger charge is -2.20. The van der Waals surface area contributed by atoms with Crippen LogP contribution in [-0.2, 0) is 12.8 Å². The van der Waals surface area contributed by atoms with Gasteiger partial charge in [0.2, 0.25) is 0 Å². The minimum Gasteiger partial charge on any atom is -0.400 e. The normalized spacial score (nSPS) is 19.8. The standard InChI is InChI=1S/C10H13N.CH4O/c11-10-6-5-8-3-1-2-4-9(8)7-10;1-2/h1-4,10H,5-7,11H2;2H,1H3. The van der Waals surface area contributed by atoms with Gasteiger partial charge in [-0.25, -0.2) is 0 Å². The molecule has 13 heavy (non-hydrogen) atoms. The number of fused-ring (bicyclic) bond motifs is 1. The van der Waals surface area contributed by atoms with E-state index < -0.39 is 0 Å². The van der Waals surface area contributed by atoms with Crippen LogP contribution in [-0.4, -0.2) is 18.3 Å². The summed E-state index contributed by atoms with van der Waals surface area (Å²) in [5, 5.41) is 7.00. The highest BCUT2D eigenvalue weighted by molar-refractivity contribution is 5.30. The SMILES string of the molecule is CO.NC1CCc2ccccc2C1. The van der Waals surface area contributed by atoms with Crippen molar-refractivity contribution >= 4 is 0 Å². The number of aliphatic hydroxyl groups is 1. The minimum absolute atomic E-state index is 0.393. The average molecular weight is 179 g/mol. The lowest BCUT2D eigenvalue weighted by atomic mass is 9.89. The van der Waals surface area contributed by atoms with Crippen molar-refractivity contribution in [1.82, 2.24) is 0 Å². The summed E-state index contributed by atoms with van der Waals surface area (Å²) >= 11 is 0. The van der Waals surface area contributed by atoms with E-state index in [1.54, 1.807) is 0 Å². The van der Waals surface area contributed by atoms with Gasteiger partial charge in [-0.05, 0) is 30.4 Å². The number of hydrogen-bond acceptors (Lipinski definition) is 2. The third-order valence-electron chi connectivity index (χ3n) is 2.38. The molecule has 2 nitrogen and oxygen atoms in total. The summed E-state index contributed by atoms with van der Waals surface area (Å²) in [7, 11) is 1.00. The van der Waals surface area contributed by atoms with Gasteiger partial charge in [0.1, 0.15) is 0 Å². The Morgan fingerprint density at radius 1 is 1.23 bits per heavy atom. The summed E-state index contributed by atoms with van der Waals surface area (Å²) in [4.78, 5) is 0. The molecule has 2 rings (SSSR count). The first-order valence-electron chi connectivity index (χ1n) is 4.63. The third-order valence-corrected chi connectivity index (χ3v) is 2.38. The van der Waals surface area contributed by atoms with Gasteiger partial charge in [0.25, 0.3) is 0 Å². The van der Waals surface area contributed by atoms with E-state index in [4.69, 9.17) is 10.8 Å². The van der Waals surface area contributed by atoms with E-state index in [0.29, 0.717) is 6.04 Å². The number of rotatable bonds is 0. The van der Waals surface area contributed by atoms with Gasteiger partial charge in [-0.1, -0.05) is 24.3 Å². The lowest BCUT2D eigenvalue weighted by Crippen LogP contribution is -2.27. The molecule has 0 aliphatic heterocycles. The molecular weight excluding hydrogens is 162 g/mol. The lowest BCUT2D eigenvalue weighted by molar-refractivity contribution is 0.399. The highest BCUT2D eigenvalue weighted by Gasteiger charge is 2.13. The van der Waals surface area contributed by atoms with E-state index in [0.717, 1.165) is 26.4 Å². The number of hydrogen-bond donors (Lipinski definition) is 2. The monoisotopic (exact) mass is 179 g/mol. The highest BCUT2D eigenvalue weighted by Crippen LogP contribution is 2.19. The summed E-state index contributed by atoms with van der Waals surface area (Å²) in [5.74, 6) is 0. The van der Waals surface area contributed by atoms with Crippen LogP contribution in [0.2, 0.25) is 0 Å². The predicted octanol–water partition coefficient (Wildman–Crippen LogP) is 1.11. The fourth-order valence-corrected chi connectivity index (χ4v) is 1.73. The summed E-state index contributed by atoms with van der Waals surface area (Å²) < 4.78 is 0. The minimum atomic E-state index is 0.393. The van der Waals surface area contributed by atoms with Gasteiger partial charge in [-0.3, -0.25) is 0 Å². The largest absolute Gasteiger partial charge is 0.400 e. The molecule has 72 valence electrons. The van der Waals surface area contributed by atoms with Crippen LogP contribution in [0.3, 0.4) is 0 Å². The van der Waals surface area contributed by atoms with Gasteiger partial charge in [0.05, 0.1) is 0 Å². The van der Waals surface area contributed by atoms with E-state index in [1.807, 2.05) is 0 Å². The van der Waals surface area contributed by atoms with Crippen LogP contribution in [0.5, 0.6) is 0 Å². The molecule has 0 saturated heterocycles. The number of aliphatic hydroxyl groups excluding tert-OH is 1. The molecule has 1 aliphatic carbocycles. The molecule has 2 heteroatoms. The molecule has 3 N–H and O–H groups in total. The van der Waals surface area contributed by atoms with E-state index in [9.17, 15) is 0 Å². The second-order valence-corrected chi connectivity index (χ2v) is 3.27. The Balaban J connectivity index is 0.000000396. The first-order valence-corrected chi connectivity index (χ1v) is 4.63. The van der Waals surface area contributed by atoms with Crippen LogP contribution in [0.1, 0.15) is 17.5 Å². The Bertz CT molecular complexity index is 260. The Morgan fingerprint density at radius 2 is 1.85 bits per heavy atom. The van der Waals surface area contributed by atoms with Crippen molar-refractivity contribution in [2.75, 3.05) is 7.11 Å². The molecule has 0 bridgehead atoms. The molecule has 0 saturated carbocycles. The Morgan fingerprint density at radius 3 is 2.54 bits per heavy atom. The van der Waals surface area contributed by atoms with Crippen molar-refractivity contribution in [3.63, 3.8) is 0 Å². The van der Waals surface area contributed by atoms with Crippen LogP contribution in [0.4, 0.5) is 0 Å². The van der Waals surface area contributed by atoms with Gasteiger partial charge in [0.15, 0.2) is 0 Å². The predicted molar refractivity (Wildman–Crippen MR) is 54.6 cm³/mol. The molecule has 1 atom stereocenters. The van der Waals surface area contributed by atoms with Crippen molar-refractivity contribution in [3.05, 3.63) is 35.4 Å². The topological polar surface area (TPSA) is 46.2 Å². The van der Waals surface area contributed by atoms with Crippen LogP contribution >= 0.6 is 0 Å². The van der Waals surface area contributed by atoms with Gasteiger partial charge < -0.3 is 10.8 Å². The molecule has 0 spiro atoms. The second-order valence-electron chi connectivity index (χ2n) is 3.27. The Labute approximate surface area is 79.4 Å². The van der Waals surface area contributed by atoms with Crippen molar-refractivity contribution in [1.29, 1.82) is 0 Å². The molecule has 1 aromatic rings. The summed E-state index contributed by atoms with van der Waals surface area (Å²) in [6.45, 7) is 0. The maximum atomic E-state index is 7.00. The van der Waals surface area contributed by atoms with Crippen LogP contribution in [0, 0.1) is 0 Å². The molecule has 0 amide bonds. The fraction of sp³-hybridized carbons (Fsp3) is 0.455. The first kappa shape index (κ1) is 10.2. The van der Waals surface area contributed by atoms with Crippen molar-refractivity contribution in [2.45, 2.75) is 25.3 Å². The van der Waals surface area contributed by atoms with E-state index >= 15 is 0 Å². The van der Waals surface area contributed by atoms with Gasteiger partial charge >= 0.3 is 0 Å². The molecule has 1 unspecified atom stereocenters. The number of aryl methyl sites for hydroxylation is 1.